The molecule has 1 aliphatic heterocycles. The molecule has 0 N–H and O–H groups in total. The van der Waals surface area contributed by atoms with E-state index < -0.39 is 0 Å². The molecule has 19 heavy (non-hydrogen) atoms. The number of allylic oxidation sites excluding steroid dienone is 1. The Morgan fingerprint density at radius 2 is 2.16 bits per heavy atom. The summed E-state index contributed by atoms with van der Waals surface area (Å²) in [6.45, 7) is 9.69. The molecule has 2 aliphatic rings. The third-order valence-electron chi connectivity index (χ3n) is 4.94. The van der Waals surface area contributed by atoms with Crippen LogP contribution in [0, 0.1) is 24.2 Å². The topological polar surface area (TPSA) is 12.5 Å². The fraction of sp³-hybridized carbons (Fsp3) is 0.765. The van der Waals surface area contributed by atoms with E-state index in [2.05, 4.69) is 43.7 Å². The summed E-state index contributed by atoms with van der Waals surface area (Å²) >= 11 is 0. The molecular formula is C17H27NO. The maximum absolute atomic E-state index is 6.35. The van der Waals surface area contributed by atoms with E-state index in [1.165, 1.54) is 19.3 Å². The van der Waals surface area contributed by atoms with E-state index in [9.17, 15) is 0 Å². The molecule has 0 aromatic carbocycles. The molecule has 0 radical (unpaired) electrons. The van der Waals surface area contributed by atoms with Gasteiger partial charge in [0.25, 0.3) is 0 Å². The molecule has 2 fully saturated rings. The lowest BCUT2D eigenvalue weighted by molar-refractivity contribution is -0.211. The summed E-state index contributed by atoms with van der Waals surface area (Å²) in [5.74, 6) is 4.17. The van der Waals surface area contributed by atoms with Gasteiger partial charge in [-0.05, 0) is 45.6 Å². The predicted octanol–water partition coefficient (Wildman–Crippen LogP) is 3.44. The monoisotopic (exact) mass is 261 g/mol. The van der Waals surface area contributed by atoms with Crippen molar-refractivity contribution in [3.05, 3.63) is 12.2 Å². The van der Waals surface area contributed by atoms with Gasteiger partial charge in [0.2, 0.25) is 0 Å². The molecule has 0 unspecified atom stereocenters. The van der Waals surface area contributed by atoms with E-state index >= 15 is 0 Å². The molecule has 106 valence electrons. The van der Waals surface area contributed by atoms with Crippen LogP contribution in [0.2, 0.25) is 0 Å². The average molecular weight is 261 g/mol. The van der Waals surface area contributed by atoms with Crippen LogP contribution in [0.15, 0.2) is 12.2 Å². The van der Waals surface area contributed by atoms with Crippen LogP contribution >= 0.6 is 0 Å². The molecule has 1 heterocycles. The van der Waals surface area contributed by atoms with Gasteiger partial charge in [0.05, 0.1) is 12.6 Å². The highest BCUT2D eigenvalue weighted by atomic mass is 16.5. The van der Waals surface area contributed by atoms with E-state index in [0.717, 1.165) is 5.92 Å². The lowest BCUT2D eigenvalue weighted by Crippen LogP contribution is -2.64. The van der Waals surface area contributed by atoms with Gasteiger partial charge < -0.3 is 4.74 Å². The van der Waals surface area contributed by atoms with E-state index in [1.807, 2.05) is 6.92 Å². The Morgan fingerprint density at radius 1 is 1.42 bits per heavy atom. The number of hydrogen-bond donors (Lipinski definition) is 0. The fourth-order valence-electron chi connectivity index (χ4n) is 3.79. The zero-order valence-electron chi connectivity index (χ0n) is 12.7. The third-order valence-corrected chi connectivity index (χ3v) is 4.94. The first-order valence-electron chi connectivity index (χ1n) is 7.49. The molecule has 1 aliphatic carbocycles. The van der Waals surface area contributed by atoms with Gasteiger partial charge >= 0.3 is 0 Å². The number of nitrogens with zero attached hydrogens (tertiary/aromatic N) is 1. The van der Waals surface area contributed by atoms with Crippen molar-refractivity contribution < 1.29 is 4.74 Å². The molecular weight excluding hydrogens is 234 g/mol. The molecule has 2 nitrogen and oxygen atoms in total. The SMILES string of the molecule is C#CCN1[C@H](/C=C/C)O[C@@H]2C[C@H](C)CC[C@H]2C1(C)C. The Hall–Kier alpha value is -0.780. The van der Waals surface area contributed by atoms with E-state index in [1.54, 1.807) is 0 Å². The standard InChI is InChI=1S/C17H27NO/c1-6-8-16-18(11-7-2)17(4,5)14-10-9-13(3)12-15(14)19-16/h2,6,8,13-16H,9-12H2,1,3-5H3/b8-6+/t13-,14-,15-,16+/m1/s1. The van der Waals surface area contributed by atoms with Crippen molar-refractivity contribution in [2.75, 3.05) is 6.54 Å². The van der Waals surface area contributed by atoms with Crippen molar-refractivity contribution in [3.63, 3.8) is 0 Å². The number of rotatable bonds is 2. The quantitative estimate of drug-likeness (QED) is 0.558. The van der Waals surface area contributed by atoms with Gasteiger partial charge in [0.1, 0.15) is 6.23 Å². The maximum atomic E-state index is 6.35. The molecule has 4 atom stereocenters. The molecule has 0 bridgehead atoms. The van der Waals surface area contributed by atoms with Crippen molar-refractivity contribution in [1.29, 1.82) is 0 Å². The van der Waals surface area contributed by atoms with Gasteiger partial charge in [-0.15, -0.1) is 6.42 Å². The highest BCUT2D eigenvalue weighted by molar-refractivity contribution is 5.07. The summed E-state index contributed by atoms with van der Waals surface area (Å²) in [5.41, 5.74) is 0.111. The normalized spacial score (nSPS) is 38.9. The van der Waals surface area contributed by atoms with Crippen LogP contribution in [0.1, 0.15) is 47.0 Å². The first kappa shape index (κ1) is 14.6. The predicted molar refractivity (Wildman–Crippen MR) is 79.6 cm³/mol. The fourth-order valence-corrected chi connectivity index (χ4v) is 3.79. The Morgan fingerprint density at radius 3 is 2.79 bits per heavy atom. The Labute approximate surface area is 118 Å². The lowest BCUT2D eigenvalue weighted by atomic mass is 9.70. The van der Waals surface area contributed by atoms with Crippen LogP contribution in [0.5, 0.6) is 0 Å². The molecule has 1 saturated carbocycles. The van der Waals surface area contributed by atoms with Crippen LogP contribution in [0.3, 0.4) is 0 Å². The van der Waals surface area contributed by atoms with Crippen LogP contribution in [-0.2, 0) is 4.74 Å². The summed E-state index contributed by atoms with van der Waals surface area (Å²) in [6.07, 6.45) is 13.9. The number of fused-ring (bicyclic) bond motifs is 1. The number of terminal acetylenes is 1. The van der Waals surface area contributed by atoms with Gasteiger partial charge in [-0.2, -0.15) is 0 Å². The molecule has 0 amide bonds. The zero-order chi connectivity index (χ0) is 14.0. The Balaban J connectivity index is 2.27. The highest BCUT2D eigenvalue weighted by Gasteiger charge is 2.49. The van der Waals surface area contributed by atoms with E-state index in [-0.39, 0.29) is 11.8 Å². The summed E-state index contributed by atoms with van der Waals surface area (Å²) in [7, 11) is 0. The van der Waals surface area contributed by atoms with Crippen molar-refractivity contribution in [2.45, 2.75) is 64.8 Å². The van der Waals surface area contributed by atoms with E-state index in [4.69, 9.17) is 11.2 Å². The van der Waals surface area contributed by atoms with Crippen LogP contribution < -0.4 is 0 Å². The Bertz CT molecular complexity index is 379. The summed E-state index contributed by atoms with van der Waals surface area (Å²) in [5, 5.41) is 0. The van der Waals surface area contributed by atoms with Gasteiger partial charge in [-0.25, -0.2) is 0 Å². The first-order valence-corrected chi connectivity index (χ1v) is 7.49. The molecule has 2 rings (SSSR count). The second-order valence-corrected chi connectivity index (χ2v) is 6.60. The molecule has 0 spiro atoms. The number of ether oxygens (including phenoxy) is 1. The molecule has 2 heteroatoms. The van der Waals surface area contributed by atoms with Gasteiger partial charge in [-0.3, -0.25) is 4.90 Å². The maximum Gasteiger partial charge on any atom is 0.131 e. The molecule has 1 saturated heterocycles. The summed E-state index contributed by atoms with van der Waals surface area (Å²) in [6, 6.07) is 0. The van der Waals surface area contributed by atoms with Crippen LogP contribution in [-0.4, -0.2) is 29.3 Å². The van der Waals surface area contributed by atoms with Crippen molar-refractivity contribution in [1.82, 2.24) is 4.90 Å². The summed E-state index contributed by atoms with van der Waals surface area (Å²) < 4.78 is 6.35. The van der Waals surface area contributed by atoms with Gasteiger partial charge in [0.15, 0.2) is 0 Å². The van der Waals surface area contributed by atoms with Crippen molar-refractivity contribution >= 4 is 0 Å². The smallest absolute Gasteiger partial charge is 0.131 e. The largest absolute Gasteiger partial charge is 0.356 e. The minimum Gasteiger partial charge on any atom is -0.356 e. The van der Waals surface area contributed by atoms with Gasteiger partial charge in [0, 0.05) is 11.5 Å². The zero-order valence-corrected chi connectivity index (χ0v) is 12.7. The number of hydrogen-bond acceptors (Lipinski definition) is 2. The second kappa shape index (κ2) is 5.69. The minimum atomic E-state index is 0.0302. The van der Waals surface area contributed by atoms with Crippen LogP contribution in [0.25, 0.3) is 0 Å². The second-order valence-electron chi connectivity index (χ2n) is 6.60. The first-order chi connectivity index (χ1) is 9.00. The molecule has 0 aromatic rings. The van der Waals surface area contributed by atoms with Crippen molar-refractivity contribution in [2.24, 2.45) is 11.8 Å². The lowest BCUT2D eigenvalue weighted by Gasteiger charge is -2.56. The van der Waals surface area contributed by atoms with E-state index in [0.29, 0.717) is 18.6 Å². The summed E-state index contributed by atoms with van der Waals surface area (Å²) in [4.78, 5) is 2.34. The highest BCUT2D eigenvalue weighted by Crippen LogP contribution is 2.44. The molecule has 0 aromatic heterocycles. The Kier molecular flexibility index (Phi) is 4.38. The van der Waals surface area contributed by atoms with Gasteiger partial charge in [-0.1, -0.05) is 25.3 Å². The third kappa shape index (κ3) is 2.73. The average Bonchev–Trinajstić information content (AvgIpc) is 2.34. The van der Waals surface area contributed by atoms with Crippen molar-refractivity contribution in [3.8, 4) is 12.3 Å². The van der Waals surface area contributed by atoms with Crippen LogP contribution in [0.4, 0.5) is 0 Å². The minimum absolute atomic E-state index is 0.0302.